The van der Waals surface area contributed by atoms with Crippen LogP contribution in [0.4, 0.5) is 0 Å². The van der Waals surface area contributed by atoms with Gasteiger partial charge in [0.05, 0.1) is 0 Å². The molecule has 1 fully saturated rings. The molecule has 4 nitrogen and oxygen atoms in total. The molecule has 0 spiro atoms. The Morgan fingerprint density at radius 2 is 1.95 bits per heavy atom. The SMILES string of the molecule is CCCN1CCN(C(=O)c2cc(Br)cn2CC)CC1. The van der Waals surface area contributed by atoms with Crippen LogP contribution >= 0.6 is 15.9 Å². The summed E-state index contributed by atoms with van der Waals surface area (Å²) in [5.74, 6) is 0.156. The van der Waals surface area contributed by atoms with E-state index in [0.717, 1.165) is 49.4 Å². The number of piperazine rings is 1. The maximum absolute atomic E-state index is 12.5. The molecule has 1 amide bonds. The largest absolute Gasteiger partial charge is 0.343 e. The van der Waals surface area contributed by atoms with Gasteiger partial charge in [-0.1, -0.05) is 6.92 Å². The topological polar surface area (TPSA) is 28.5 Å². The minimum absolute atomic E-state index is 0.156. The lowest BCUT2D eigenvalue weighted by molar-refractivity contribution is 0.0627. The van der Waals surface area contributed by atoms with Gasteiger partial charge in [-0.3, -0.25) is 9.69 Å². The monoisotopic (exact) mass is 327 g/mol. The fraction of sp³-hybridized carbons (Fsp3) is 0.643. The molecule has 5 heteroatoms. The van der Waals surface area contributed by atoms with E-state index in [4.69, 9.17) is 0 Å². The lowest BCUT2D eigenvalue weighted by Crippen LogP contribution is -2.49. The number of aryl methyl sites for hydroxylation is 1. The zero-order chi connectivity index (χ0) is 13.8. The first-order valence-corrected chi connectivity index (χ1v) is 7.82. The van der Waals surface area contributed by atoms with E-state index in [0.29, 0.717) is 0 Å². The van der Waals surface area contributed by atoms with Gasteiger partial charge in [0, 0.05) is 43.4 Å². The Hall–Kier alpha value is -0.810. The fourth-order valence-corrected chi connectivity index (χ4v) is 3.03. The molecule has 19 heavy (non-hydrogen) atoms. The predicted octanol–water partition coefficient (Wildman–Crippen LogP) is 2.44. The molecule has 1 aliphatic heterocycles. The molecule has 1 aromatic rings. The second-order valence-electron chi connectivity index (χ2n) is 4.96. The highest BCUT2D eigenvalue weighted by Gasteiger charge is 2.23. The van der Waals surface area contributed by atoms with E-state index in [1.807, 2.05) is 21.7 Å². The fourth-order valence-electron chi connectivity index (χ4n) is 2.57. The van der Waals surface area contributed by atoms with Crippen LogP contribution in [0.3, 0.4) is 0 Å². The Balaban J connectivity index is 2.01. The lowest BCUT2D eigenvalue weighted by Gasteiger charge is -2.34. The van der Waals surface area contributed by atoms with Crippen LogP contribution in [-0.2, 0) is 6.54 Å². The van der Waals surface area contributed by atoms with Crippen molar-refractivity contribution in [3.63, 3.8) is 0 Å². The Morgan fingerprint density at radius 3 is 2.53 bits per heavy atom. The van der Waals surface area contributed by atoms with Gasteiger partial charge in [-0.25, -0.2) is 0 Å². The summed E-state index contributed by atoms with van der Waals surface area (Å²) in [5.41, 5.74) is 0.790. The zero-order valence-electron chi connectivity index (χ0n) is 11.7. The number of halogens is 1. The number of carbonyl (C=O) groups is 1. The smallest absolute Gasteiger partial charge is 0.270 e. The molecule has 1 aromatic heterocycles. The maximum atomic E-state index is 12.5. The lowest BCUT2D eigenvalue weighted by atomic mass is 10.2. The average Bonchev–Trinajstić information content (AvgIpc) is 2.80. The molecule has 1 aliphatic rings. The van der Waals surface area contributed by atoms with Crippen LogP contribution in [0.5, 0.6) is 0 Å². The number of hydrogen-bond donors (Lipinski definition) is 0. The molecular formula is C14H22BrN3O. The summed E-state index contributed by atoms with van der Waals surface area (Å²) in [5, 5.41) is 0. The van der Waals surface area contributed by atoms with Crippen molar-refractivity contribution in [2.75, 3.05) is 32.7 Å². The first-order chi connectivity index (χ1) is 9.15. The number of carbonyl (C=O) groups excluding carboxylic acids is 1. The van der Waals surface area contributed by atoms with Crippen molar-refractivity contribution >= 4 is 21.8 Å². The molecule has 0 atom stereocenters. The van der Waals surface area contributed by atoms with E-state index in [-0.39, 0.29) is 5.91 Å². The van der Waals surface area contributed by atoms with E-state index < -0.39 is 0 Å². The highest BCUT2D eigenvalue weighted by Crippen LogP contribution is 2.17. The third-order valence-electron chi connectivity index (χ3n) is 3.62. The van der Waals surface area contributed by atoms with Crippen LogP contribution in [0.15, 0.2) is 16.7 Å². The summed E-state index contributed by atoms with van der Waals surface area (Å²) < 4.78 is 2.98. The van der Waals surface area contributed by atoms with Crippen molar-refractivity contribution < 1.29 is 4.79 Å². The van der Waals surface area contributed by atoms with Gasteiger partial charge in [0.25, 0.3) is 5.91 Å². The van der Waals surface area contributed by atoms with Crippen LogP contribution in [-0.4, -0.2) is 53.0 Å². The van der Waals surface area contributed by atoms with E-state index in [1.165, 1.54) is 6.42 Å². The van der Waals surface area contributed by atoms with Gasteiger partial charge in [-0.2, -0.15) is 0 Å². The molecule has 0 N–H and O–H groups in total. The highest BCUT2D eigenvalue weighted by atomic mass is 79.9. The van der Waals surface area contributed by atoms with Crippen LogP contribution in [0.1, 0.15) is 30.8 Å². The van der Waals surface area contributed by atoms with Crippen molar-refractivity contribution in [2.24, 2.45) is 0 Å². The molecule has 0 aromatic carbocycles. The van der Waals surface area contributed by atoms with Gasteiger partial charge >= 0.3 is 0 Å². The average molecular weight is 328 g/mol. The summed E-state index contributed by atoms with van der Waals surface area (Å²) in [6, 6.07) is 1.92. The summed E-state index contributed by atoms with van der Waals surface area (Å²) in [4.78, 5) is 16.9. The number of nitrogens with zero attached hydrogens (tertiary/aromatic N) is 3. The molecule has 0 saturated carbocycles. The predicted molar refractivity (Wildman–Crippen MR) is 80.4 cm³/mol. The molecule has 1 saturated heterocycles. The molecule has 0 bridgehead atoms. The van der Waals surface area contributed by atoms with Crippen molar-refractivity contribution in [3.05, 3.63) is 22.4 Å². The molecule has 2 rings (SSSR count). The normalized spacial score (nSPS) is 16.9. The summed E-state index contributed by atoms with van der Waals surface area (Å²) in [6.45, 7) is 9.88. The van der Waals surface area contributed by atoms with Crippen molar-refractivity contribution in [3.8, 4) is 0 Å². The first kappa shape index (κ1) is 14.6. The Morgan fingerprint density at radius 1 is 1.26 bits per heavy atom. The highest BCUT2D eigenvalue weighted by molar-refractivity contribution is 9.10. The summed E-state index contributed by atoms with van der Waals surface area (Å²) >= 11 is 3.45. The second kappa shape index (κ2) is 6.57. The van der Waals surface area contributed by atoms with Gasteiger partial charge in [0.1, 0.15) is 5.69 Å². The molecule has 0 unspecified atom stereocenters. The summed E-state index contributed by atoms with van der Waals surface area (Å²) in [6.07, 6.45) is 3.15. The molecule has 0 radical (unpaired) electrons. The van der Waals surface area contributed by atoms with Crippen LogP contribution in [0, 0.1) is 0 Å². The molecule has 0 aliphatic carbocycles. The van der Waals surface area contributed by atoms with E-state index in [2.05, 4.69) is 34.7 Å². The number of amides is 1. The van der Waals surface area contributed by atoms with E-state index >= 15 is 0 Å². The number of hydrogen-bond acceptors (Lipinski definition) is 2. The minimum Gasteiger partial charge on any atom is -0.343 e. The Kier molecular flexibility index (Phi) is 5.05. The zero-order valence-corrected chi connectivity index (χ0v) is 13.3. The van der Waals surface area contributed by atoms with Gasteiger partial charge in [-0.05, 0) is 41.9 Å². The van der Waals surface area contributed by atoms with Crippen molar-refractivity contribution in [1.29, 1.82) is 0 Å². The van der Waals surface area contributed by atoms with Crippen LogP contribution < -0.4 is 0 Å². The Bertz CT molecular complexity index is 436. The maximum Gasteiger partial charge on any atom is 0.270 e. The van der Waals surface area contributed by atoms with Crippen molar-refractivity contribution in [2.45, 2.75) is 26.8 Å². The second-order valence-corrected chi connectivity index (χ2v) is 5.88. The van der Waals surface area contributed by atoms with Gasteiger partial charge in [0.2, 0.25) is 0 Å². The van der Waals surface area contributed by atoms with E-state index in [1.54, 1.807) is 0 Å². The quantitative estimate of drug-likeness (QED) is 0.849. The van der Waals surface area contributed by atoms with Crippen LogP contribution in [0.2, 0.25) is 0 Å². The minimum atomic E-state index is 0.156. The standard InChI is InChI=1S/C14H22BrN3O/c1-3-5-16-6-8-18(9-7-16)14(19)13-10-12(15)11-17(13)4-2/h10-11H,3-9H2,1-2H3. The third-order valence-corrected chi connectivity index (χ3v) is 4.06. The molecular weight excluding hydrogens is 306 g/mol. The molecule has 2 heterocycles. The number of aromatic nitrogens is 1. The number of rotatable bonds is 4. The Labute approximate surface area is 123 Å². The van der Waals surface area contributed by atoms with Gasteiger partial charge in [0.15, 0.2) is 0 Å². The van der Waals surface area contributed by atoms with E-state index in [9.17, 15) is 4.79 Å². The first-order valence-electron chi connectivity index (χ1n) is 7.03. The van der Waals surface area contributed by atoms with Gasteiger partial charge < -0.3 is 9.47 Å². The van der Waals surface area contributed by atoms with Crippen molar-refractivity contribution in [1.82, 2.24) is 14.4 Å². The third kappa shape index (κ3) is 3.39. The molecule has 106 valence electrons. The van der Waals surface area contributed by atoms with Gasteiger partial charge in [-0.15, -0.1) is 0 Å². The van der Waals surface area contributed by atoms with Crippen LogP contribution in [0.25, 0.3) is 0 Å². The summed E-state index contributed by atoms with van der Waals surface area (Å²) in [7, 11) is 0.